The van der Waals surface area contributed by atoms with E-state index in [1.807, 2.05) is 19.1 Å². The number of rotatable bonds is 6. The van der Waals surface area contributed by atoms with Crippen molar-refractivity contribution in [3.05, 3.63) is 29.8 Å². The van der Waals surface area contributed by atoms with Gasteiger partial charge in [0.1, 0.15) is 5.75 Å². The lowest BCUT2D eigenvalue weighted by Crippen LogP contribution is -2.35. The molecule has 106 valence electrons. The van der Waals surface area contributed by atoms with Crippen LogP contribution in [-0.2, 0) is 0 Å². The number of nitrogens with two attached hydrogens (primary N) is 1. The molecule has 1 aromatic carbocycles. The molecule has 1 aliphatic carbocycles. The molecule has 0 aromatic heterocycles. The van der Waals surface area contributed by atoms with Gasteiger partial charge in [-0.3, -0.25) is 0 Å². The van der Waals surface area contributed by atoms with Gasteiger partial charge in [-0.25, -0.2) is 0 Å². The summed E-state index contributed by atoms with van der Waals surface area (Å²) in [5.41, 5.74) is 7.17. The Morgan fingerprint density at radius 1 is 1.42 bits per heavy atom. The predicted molar refractivity (Wildman–Crippen MR) is 79.3 cm³/mol. The van der Waals surface area contributed by atoms with Crippen molar-refractivity contribution in [2.75, 3.05) is 13.2 Å². The van der Waals surface area contributed by atoms with Crippen molar-refractivity contribution in [2.24, 2.45) is 11.7 Å². The average Bonchev–Trinajstić information content (AvgIpc) is 2.82. The minimum atomic E-state index is 0.232. The van der Waals surface area contributed by atoms with E-state index in [0.717, 1.165) is 11.7 Å². The highest BCUT2D eigenvalue weighted by Crippen LogP contribution is 2.27. The quantitative estimate of drug-likeness (QED) is 0.828. The number of benzene rings is 1. The molecule has 1 fully saturated rings. The molecule has 2 rings (SSSR count). The van der Waals surface area contributed by atoms with E-state index >= 15 is 0 Å². The van der Waals surface area contributed by atoms with Gasteiger partial charge in [0.2, 0.25) is 0 Å². The Labute approximate surface area is 116 Å². The average molecular weight is 262 g/mol. The fourth-order valence-corrected chi connectivity index (χ4v) is 2.93. The number of ether oxygens (including phenoxy) is 1. The highest BCUT2D eigenvalue weighted by Gasteiger charge is 2.23. The molecule has 3 N–H and O–H groups in total. The number of hydrogen-bond donors (Lipinski definition) is 2. The van der Waals surface area contributed by atoms with Crippen molar-refractivity contribution >= 4 is 0 Å². The van der Waals surface area contributed by atoms with Crippen LogP contribution in [0.4, 0.5) is 0 Å². The maximum Gasteiger partial charge on any atom is 0.119 e. The molecule has 1 saturated carbocycles. The smallest absolute Gasteiger partial charge is 0.119 e. The Balaban J connectivity index is 2.02. The van der Waals surface area contributed by atoms with E-state index in [1.54, 1.807) is 0 Å². The minimum Gasteiger partial charge on any atom is -0.494 e. The molecule has 1 aliphatic rings. The molecule has 0 amide bonds. The second kappa shape index (κ2) is 6.92. The Morgan fingerprint density at radius 3 is 2.89 bits per heavy atom. The van der Waals surface area contributed by atoms with E-state index in [-0.39, 0.29) is 6.04 Å². The van der Waals surface area contributed by atoms with Crippen LogP contribution in [0.15, 0.2) is 24.3 Å². The van der Waals surface area contributed by atoms with Gasteiger partial charge in [0.15, 0.2) is 0 Å². The van der Waals surface area contributed by atoms with Crippen LogP contribution in [0.3, 0.4) is 0 Å². The summed E-state index contributed by atoms with van der Waals surface area (Å²) in [5, 5.41) is 3.70. The molecule has 1 aromatic rings. The maximum atomic E-state index is 5.94. The van der Waals surface area contributed by atoms with Crippen LogP contribution in [0.2, 0.25) is 0 Å². The van der Waals surface area contributed by atoms with Crippen LogP contribution in [0.5, 0.6) is 5.75 Å². The highest BCUT2D eigenvalue weighted by atomic mass is 16.5. The first-order valence-electron chi connectivity index (χ1n) is 7.41. The van der Waals surface area contributed by atoms with Crippen molar-refractivity contribution < 1.29 is 4.74 Å². The summed E-state index contributed by atoms with van der Waals surface area (Å²) in [6.45, 7) is 5.66. The summed E-state index contributed by atoms with van der Waals surface area (Å²) < 4.78 is 5.56. The van der Waals surface area contributed by atoms with Crippen LogP contribution in [0.25, 0.3) is 0 Å². The molecule has 0 saturated heterocycles. The van der Waals surface area contributed by atoms with Crippen LogP contribution in [0, 0.1) is 5.92 Å². The Morgan fingerprint density at radius 2 is 2.26 bits per heavy atom. The highest BCUT2D eigenvalue weighted by molar-refractivity contribution is 5.31. The molecule has 0 aliphatic heterocycles. The molecule has 3 atom stereocenters. The van der Waals surface area contributed by atoms with E-state index in [0.29, 0.717) is 19.2 Å². The third-order valence-electron chi connectivity index (χ3n) is 3.94. The largest absolute Gasteiger partial charge is 0.494 e. The van der Waals surface area contributed by atoms with E-state index in [4.69, 9.17) is 10.5 Å². The van der Waals surface area contributed by atoms with Gasteiger partial charge in [-0.2, -0.15) is 0 Å². The Kier molecular flexibility index (Phi) is 5.23. The van der Waals surface area contributed by atoms with Crippen molar-refractivity contribution in [2.45, 2.75) is 45.2 Å². The number of nitrogens with one attached hydrogen (secondary N) is 1. The van der Waals surface area contributed by atoms with Crippen molar-refractivity contribution in [1.29, 1.82) is 0 Å². The molecule has 3 unspecified atom stereocenters. The van der Waals surface area contributed by atoms with Gasteiger partial charge < -0.3 is 15.8 Å². The summed E-state index contributed by atoms with van der Waals surface area (Å²) in [7, 11) is 0. The molecule has 0 bridgehead atoms. The standard InChI is InChI=1S/C16H26N2O/c1-3-19-15-6-4-5-13(10-15)16(11-17)18-14-8-7-12(2)9-14/h4-6,10,12,14,16,18H,3,7-9,11,17H2,1-2H3. The topological polar surface area (TPSA) is 47.3 Å². The zero-order chi connectivity index (χ0) is 13.7. The summed E-state index contributed by atoms with van der Waals surface area (Å²) in [6, 6.07) is 9.12. The zero-order valence-corrected chi connectivity index (χ0v) is 12.1. The lowest BCUT2D eigenvalue weighted by Gasteiger charge is -2.22. The van der Waals surface area contributed by atoms with Crippen LogP contribution in [-0.4, -0.2) is 19.2 Å². The van der Waals surface area contributed by atoms with E-state index < -0.39 is 0 Å². The lowest BCUT2D eigenvalue weighted by molar-refractivity contribution is 0.339. The summed E-state index contributed by atoms with van der Waals surface area (Å²) >= 11 is 0. The summed E-state index contributed by atoms with van der Waals surface area (Å²) in [6.07, 6.45) is 3.86. The molecule has 0 radical (unpaired) electrons. The van der Waals surface area contributed by atoms with E-state index in [1.165, 1.54) is 24.8 Å². The van der Waals surface area contributed by atoms with Crippen LogP contribution in [0.1, 0.15) is 44.7 Å². The molecule has 0 spiro atoms. The molecule has 19 heavy (non-hydrogen) atoms. The third kappa shape index (κ3) is 3.95. The van der Waals surface area contributed by atoms with Gasteiger partial charge in [0.05, 0.1) is 6.61 Å². The predicted octanol–water partition coefficient (Wildman–Crippen LogP) is 2.86. The summed E-state index contributed by atoms with van der Waals surface area (Å²) in [5.74, 6) is 1.77. The van der Waals surface area contributed by atoms with Crippen molar-refractivity contribution in [3.63, 3.8) is 0 Å². The Hall–Kier alpha value is -1.06. The number of hydrogen-bond acceptors (Lipinski definition) is 3. The second-order valence-corrected chi connectivity index (χ2v) is 5.58. The van der Waals surface area contributed by atoms with Gasteiger partial charge in [0.25, 0.3) is 0 Å². The molecule has 3 nitrogen and oxygen atoms in total. The van der Waals surface area contributed by atoms with Gasteiger partial charge >= 0.3 is 0 Å². The lowest BCUT2D eigenvalue weighted by atomic mass is 10.0. The Bertz CT molecular complexity index is 394. The molecule has 0 heterocycles. The fraction of sp³-hybridized carbons (Fsp3) is 0.625. The third-order valence-corrected chi connectivity index (χ3v) is 3.94. The minimum absolute atomic E-state index is 0.232. The van der Waals surface area contributed by atoms with Crippen molar-refractivity contribution in [3.8, 4) is 5.75 Å². The summed E-state index contributed by atoms with van der Waals surface area (Å²) in [4.78, 5) is 0. The first-order chi connectivity index (χ1) is 9.22. The van der Waals surface area contributed by atoms with Gasteiger partial charge in [-0.15, -0.1) is 0 Å². The second-order valence-electron chi connectivity index (χ2n) is 5.58. The van der Waals surface area contributed by atoms with E-state index in [2.05, 4.69) is 24.4 Å². The monoisotopic (exact) mass is 262 g/mol. The molecular weight excluding hydrogens is 236 g/mol. The molecular formula is C16H26N2O. The normalized spacial score (nSPS) is 24.4. The zero-order valence-electron chi connectivity index (χ0n) is 12.1. The van der Waals surface area contributed by atoms with Crippen molar-refractivity contribution in [1.82, 2.24) is 5.32 Å². The molecule has 3 heteroatoms. The van der Waals surface area contributed by atoms with Crippen LogP contribution >= 0.6 is 0 Å². The first-order valence-corrected chi connectivity index (χ1v) is 7.41. The van der Waals surface area contributed by atoms with Gasteiger partial charge in [0, 0.05) is 18.6 Å². The van der Waals surface area contributed by atoms with Crippen LogP contribution < -0.4 is 15.8 Å². The van der Waals surface area contributed by atoms with E-state index in [9.17, 15) is 0 Å². The SMILES string of the molecule is CCOc1cccc(C(CN)NC2CCC(C)C2)c1. The van der Waals surface area contributed by atoms with Gasteiger partial charge in [-0.1, -0.05) is 19.1 Å². The fourth-order valence-electron chi connectivity index (χ4n) is 2.93. The first kappa shape index (κ1) is 14.4. The maximum absolute atomic E-state index is 5.94. The van der Waals surface area contributed by atoms with Gasteiger partial charge in [-0.05, 0) is 49.8 Å².